The standard InChI is InChI=1S/C31H46N4O3/c1-24(2)21-28(32-30(37)35-19-11-6-7-12-20-35)29(36)33-31(3,4)23-34(5)26-15-17-27(18-16-26)38-22-25-13-9-8-10-14-25/h8-10,13-18,24,28H,6-7,11-12,19-23H2,1-5H3,(H,32,37)(H,33,36). The molecule has 1 atom stereocenters. The lowest BCUT2D eigenvalue weighted by Gasteiger charge is -2.34. The van der Waals surface area contributed by atoms with E-state index in [1.54, 1.807) is 0 Å². The van der Waals surface area contributed by atoms with Gasteiger partial charge >= 0.3 is 6.03 Å². The van der Waals surface area contributed by atoms with Gasteiger partial charge in [0.15, 0.2) is 0 Å². The zero-order valence-electron chi connectivity index (χ0n) is 23.8. The number of ether oxygens (including phenoxy) is 1. The molecule has 7 heteroatoms. The summed E-state index contributed by atoms with van der Waals surface area (Å²) in [4.78, 5) is 30.3. The van der Waals surface area contributed by atoms with E-state index in [2.05, 4.69) is 29.4 Å². The van der Waals surface area contributed by atoms with Crippen molar-refractivity contribution in [2.75, 3.05) is 31.6 Å². The lowest BCUT2D eigenvalue weighted by molar-refractivity contribution is -0.124. The van der Waals surface area contributed by atoms with Crippen LogP contribution in [-0.2, 0) is 11.4 Å². The van der Waals surface area contributed by atoms with Crippen molar-refractivity contribution in [3.63, 3.8) is 0 Å². The third kappa shape index (κ3) is 9.58. The van der Waals surface area contributed by atoms with Crippen LogP contribution in [0.5, 0.6) is 5.75 Å². The number of likely N-dealkylation sites (N-methyl/N-ethyl adjacent to an activating group) is 1. The second kappa shape index (κ2) is 14.1. The van der Waals surface area contributed by atoms with Crippen LogP contribution in [0.4, 0.5) is 10.5 Å². The number of carbonyl (C=O) groups is 2. The summed E-state index contributed by atoms with van der Waals surface area (Å²) in [5, 5.41) is 6.22. The number of hydrogen-bond acceptors (Lipinski definition) is 4. The molecule has 0 saturated carbocycles. The summed E-state index contributed by atoms with van der Waals surface area (Å²) in [7, 11) is 2.01. The molecular weight excluding hydrogens is 476 g/mol. The van der Waals surface area contributed by atoms with E-state index in [1.807, 2.05) is 80.4 Å². The smallest absolute Gasteiger partial charge is 0.318 e. The number of nitrogens with zero attached hydrogens (tertiary/aromatic N) is 2. The maximum atomic E-state index is 13.4. The first kappa shape index (κ1) is 29.3. The van der Waals surface area contributed by atoms with Crippen molar-refractivity contribution in [1.29, 1.82) is 0 Å². The molecule has 0 bridgehead atoms. The average Bonchev–Trinajstić information content (AvgIpc) is 3.17. The van der Waals surface area contributed by atoms with Gasteiger partial charge < -0.3 is 25.2 Å². The Labute approximate surface area is 228 Å². The van der Waals surface area contributed by atoms with E-state index in [0.717, 1.165) is 55.8 Å². The van der Waals surface area contributed by atoms with Gasteiger partial charge in [-0.3, -0.25) is 4.79 Å². The highest BCUT2D eigenvalue weighted by Gasteiger charge is 2.30. The van der Waals surface area contributed by atoms with E-state index in [1.165, 1.54) is 0 Å². The minimum atomic E-state index is -0.559. The van der Waals surface area contributed by atoms with E-state index < -0.39 is 11.6 Å². The van der Waals surface area contributed by atoms with Gasteiger partial charge in [0, 0.05) is 32.4 Å². The maximum absolute atomic E-state index is 13.4. The topological polar surface area (TPSA) is 73.9 Å². The van der Waals surface area contributed by atoms with Crippen molar-refractivity contribution in [3.8, 4) is 5.75 Å². The molecule has 38 heavy (non-hydrogen) atoms. The Hall–Kier alpha value is -3.22. The zero-order valence-corrected chi connectivity index (χ0v) is 23.8. The molecule has 0 aromatic heterocycles. The summed E-state index contributed by atoms with van der Waals surface area (Å²) in [5.41, 5.74) is 1.66. The third-order valence-corrected chi connectivity index (χ3v) is 6.83. The average molecular weight is 523 g/mol. The summed E-state index contributed by atoms with van der Waals surface area (Å²) >= 11 is 0. The van der Waals surface area contributed by atoms with E-state index in [9.17, 15) is 9.59 Å². The molecular formula is C31H46N4O3. The van der Waals surface area contributed by atoms with Crippen LogP contribution in [0.25, 0.3) is 0 Å². The Morgan fingerprint density at radius 1 is 0.974 bits per heavy atom. The van der Waals surface area contributed by atoms with E-state index in [4.69, 9.17) is 4.74 Å². The first-order valence-corrected chi connectivity index (χ1v) is 14.0. The Morgan fingerprint density at radius 2 is 1.61 bits per heavy atom. The summed E-state index contributed by atoms with van der Waals surface area (Å²) in [5.74, 6) is 0.962. The molecule has 0 spiro atoms. The van der Waals surface area contributed by atoms with Crippen molar-refractivity contribution >= 4 is 17.6 Å². The monoisotopic (exact) mass is 522 g/mol. The number of likely N-dealkylation sites (tertiary alicyclic amines) is 1. The Morgan fingerprint density at radius 3 is 2.21 bits per heavy atom. The number of amides is 3. The fraction of sp³-hybridized carbons (Fsp3) is 0.548. The Kier molecular flexibility index (Phi) is 10.9. The first-order chi connectivity index (χ1) is 18.1. The molecule has 1 aliphatic rings. The predicted octanol–water partition coefficient (Wildman–Crippen LogP) is 5.60. The number of anilines is 1. The highest BCUT2D eigenvalue weighted by atomic mass is 16.5. The highest BCUT2D eigenvalue weighted by Crippen LogP contribution is 2.21. The molecule has 208 valence electrons. The highest BCUT2D eigenvalue weighted by molar-refractivity contribution is 5.87. The van der Waals surface area contributed by atoms with Crippen LogP contribution in [0.1, 0.15) is 65.4 Å². The molecule has 1 fully saturated rings. The van der Waals surface area contributed by atoms with Crippen LogP contribution < -0.4 is 20.3 Å². The molecule has 2 N–H and O–H groups in total. The third-order valence-electron chi connectivity index (χ3n) is 6.83. The van der Waals surface area contributed by atoms with Crippen LogP contribution in [0.15, 0.2) is 54.6 Å². The number of rotatable bonds is 11. The maximum Gasteiger partial charge on any atom is 0.318 e. The molecule has 3 rings (SSSR count). The number of nitrogens with one attached hydrogen (secondary N) is 2. The Balaban J connectivity index is 1.55. The normalized spacial score (nSPS) is 14.9. The molecule has 0 aliphatic carbocycles. The minimum Gasteiger partial charge on any atom is -0.489 e. The molecule has 1 heterocycles. The van der Waals surface area contributed by atoms with Gasteiger partial charge in [-0.1, -0.05) is 57.0 Å². The zero-order chi connectivity index (χ0) is 27.5. The van der Waals surface area contributed by atoms with Crippen molar-refractivity contribution < 1.29 is 14.3 Å². The Bertz CT molecular complexity index is 1000. The van der Waals surface area contributed by atoms with Gasteiger partial charge in [-0.15, -0.1) is 0 Å². The van der Waals surface area contributed by atoms with Gasteiger partial charge in [-0.25, -0.2) is 4.79 Å². The summed E-state index contributed by atoms with van der Waals surface area (Å²) < 4.78 is 5.91. The molecule has 3 amide bonds. The fourth-order valence-corrected chi connectivity index (χ4v) is 4.90. The molecule has 0 radical (unpaired) electrons. The van der Waals surface area contributed by atoms with Gasteiger partial charge in [0.2, 0.25) is 5.91 Å². The number of carbonyl (C=O) groups excluding carboxylic acids is 2. The molecule has 2 aromatic rings. The minimum absolute atomic E-state index is 0.128. The number of hydrogen-bond donors (Lipinski definition) is 2. The van der Waals surface area contributed by atoms with E-state index in [-0.39, 0.29) is 17.9 Å². The fourth-order valence-electron chi connectivity index (χ4n) is 4.90. The first-order valence-electron chi connectivity index (χ1n) is 14.0. The molecule has 7 nitrogen and oxygen atoms in total. The summed E-state index contributed by atoms with van der Waals surface area (Å²) in [6.45, 7) is 10.8. The molecule has 2 aromatic carbocycles. The van der Waals surface area contributed by atoms with Gasteiger partial charge in [-0.2, -0.15) is 0 Å². The van der Waals surface area contributed by atoms with E-state index >= 15 is 0 Å². The van der Waals surface area contributed by atoms with Gasteiger partial charge in [0.05, 0.1) is 5.54 Å². The van der Waals surface area contributed by atoms with Crippen LogP contribution in [0.3, 0.4) is 0 Å². The number of urea groups is 1. The van der Waals surface area contributed by atoms with Crippen LogP contribution in [-0.4, -0.2) is 55.1 Å². The van der Waals surface area contributed by atoms with Crippen molar-refractivity contribution in [3.05, 3.63) is 60.2 Å². The van der Waals surface area contributed by atoms with Crippen LogP contribution >= 0.6 is 0 Å². The molecule has 1 aliphatic heterocycles. The van der Waals surface area contributed by atoms with Gasteiger partial charge in [0.25, 0.3) is 0 Å². The lowest BCUT2D eigenvalue weighted by Crippen LogP contribution is -2.58. The van der Waals surface area contributed by atoms with Crippen molar-refractivity contribution in [2.24, 2.45) is 5.92 Å². The predicted molar refractivity (Wildman–Crippen MR) is 155 cm³/mol. The van der Waals surface area contributed by atoms with Crippen LogP contribution in [0, 0.1) is 5.92 Å². The SMILES string of the molecule is CC(C)CC(NC(=O)N1CCCCCC1)C(=O)NC(C)(C)CN(C)c1ccc(OCc2ccccc2)cc1. The largest absolute Gasteiger partial charge is 0.489 e. The van der Waals surface area contributed by atoms with Crippen LogP contribution in [0.2, 0.25) is 0 Å². The van der Waals surface area contributed by atoms with Crippen molar-refractivity contribution in [2.45, 2.75) is 78.0 Å². The second-order valence-electron chi connectivity index (χ2n) is 11.5. The van der Waals surface area contributed by atoms with E-state index in [0.29, 0.717) is 19.6 Å². The summed E-state index contributed by atoms with van der Waals surface area (Å²) in [6.07, 6.45) is 4.96. The molecule has 1 unspecified atom stereocenters. The van der Waals surface area contributed by atoms with Gasteiger partial charge in [-0.05, 0) is 68.9 Å². The van der Waals surface area contributed by atoms with Gasteiger partial charge in [0.1, 0.15) is 18.4 Å². The second-order valence-corrected chi connectivity index (χ2v) is 11.5. The lowest BCUT2D eigenvalue weighted by atomic mass is 9.99. The summed E-state index contributed by atoms with van der Waals surface area (Å²) in [6, 6.07) is 17.4. The quantitative estimate of drug-likeness (QED) is 0.403. The molecule has 1 saturated heterocycles. The number of benzene rings is 2. The van der Waals surface area contributed by atoms with Crippen molar-refractivity contribution in [1.82, 2.24) is 15.5 Å².